The molecular weight excluding hydrogens is 212 g/mol. The van der Waals surface area contributed by atoms with Gasteiger partial charge in [0.1, 0.15) is 10.7 Å². The van der Waals surface area contributed by atoms with Crippen LogP contribution in [0.1, 0.15) is 30.4 Å². The highest BCUT2D eigenvalue weighted by atomic mass is 32.1. The van der Waals surface area contributed by atoms with Crippen LogP contribution in [0.3, 0.4) is 0 Å². The standard InChI is InChI=1S/C9H16N4OS/c1-9(2,3)13-7(14)5-6(10)12-8(11-4)15-5/h10H2,1-4H3,(H,11,12)(H,13,14). The molecule has 0 aliphatic rings. The normalized spacial score (nSPS) is 11.2. The molecule has 1 aromatic heterocycles. The predicted molar refractivity (Wildman–Crippen MR) is 63.3 cm³/mol. The molecule has 0 saturated heterocycles. The molecule has 1 aromatic rings. The fraction of sp³-hybridized carbons (Fsp3) is 0.556. The summed E-state index contributed by atoms with van der Waals surface area (Å²) in [6.45, 7) is 5.75. The molecule has 0 radical (unpaired) electrons. The van der Waals surface area contributed by atoms with Gasteiger partial charge in [0.15, 0.2) is 5.13 Å². The number of thiazole rings is 1. The highest BCUT2D eigenvalue weighted by molar-refractivity contribution is 7.18. The van der Waals surface area contributed by atoms with E-state index in [0.717, 1.165) is 0 Å². The van der Waals surface area contributed by atoms with Crippen LogP contribution in [0, 0.1) is 0 Å². The van der Waals surface area contributed by atoms with Crippen LogP contribution >= 0.6 is 11.3 Å². The molecule has 0 spiro atoms. The lowest BCUT2D eigenvalue weighted by Gasteiger charge is -2.19. The number of nitrogens with zero attached hydrogens (tertiary/aromatic N) is 1. The molecule has 84 valence electrons. The zero-order valence-electron chi connectivity index (χ0n) is 9.34. The first-order valence-electron chi connectivity index (χ1n) is 4.60. The van der Waals surface area contributed by atoms with Crippen LogP contribution in [-0.2, 0) is 0 Å². The van der Waals surface area contributed by atoms with Crippen molar-refractivity contribution in [3.05, 3.63) is 4.88 Å². The van der Waals surface area contributed by atoms with Crippen molar-refractivity contribution in [1.29, 1.82) is 0 Å². The predicted octanol–water partition coefficient (Wildman–Crippen LogP) is 1.30. The zero-order valence-corrected chi connectivity index (χ0v) is 10.2. The maximum absolute atomic E-state index is 11.8. The van der Waals surface area contributed by atoms with Crippen LogP contribution in [0.15, 0.2) is 0 Å². The number of rotatable bonds is 2. The Bertz CT molecular complexity index is 367. The summed E-state index contributed by atoms with van der Waals surface area (Å²) in [5.41, 5.74) is 5.36. The van der Waals surface area contributed by atoms with Crippen LogP contribution in [-0.4, -0.2) is 23.5 Å². The Morgan fingerprint density at radius 1 is 1.47 bits per heavy atom. The minimum atomic E-state index is -0.271. The summed E-state index contributed by atoms with van der Waals surface area (Å²) in [7, 11) is 1.74. The maximum atomic E-state index is 11.8. The van der Waals surface area contributed by atoms with Gasteiger partial charge in [-0.25, -0.2) is 4.98 Å². The molecule has 0 aliphatic carbocycles. The molecule has 1 rings (SSSR count). The topological polar surface area (TPSA) is 80.0 Å². The molecule has 0 bridgehead atoms. The molecule has 0 saturated carbocycles. The van der Waals surface area contributed by atoms with Gasteiger partial charge < -0.3 is 16.4 Å². The monoisotopic (exact) mass is 228 g/mol. The van der Waals surface area contributed by atoms with E-state index in [1.165, 1.54) is 11.3 Å². The van der Waals surface area contributed by atoms with Crippen LogP contribution in [0.4, 0.5) is 10.9 Å². The van der Waals surface area contributed by atoms with Crippen LogP contribution in [0.5, 0.6) is 0 Å². The number of aromatic nitrogens is 1. The van der Waals surface area contributed by atoms with E-state index < -0.39 is 0 Å². The van der Waals surface area contributed by atoms with Crippen molar-refractivity contribution in [2.45, 2.75) is 26.3 Å². The number of carbonyl (C=O) groups is 1. The van der Waals surface area contributed by atoms with Crippen LogP contribution in [0.2, 0.25) is 0 Å². The Balaban J connectivity index is 2.87. The molecule has 1 amide bonds. The van der Waals surface area contributed by atoms with Gasteiger partial charge in [-0.3, -0.25) is 4.79 Å². The van der Waals surface area contributed by atoms with Crippen molar-refractivity contribution in [2.75, 3.05) is 18.1 Å². The quantitative estimate of drug-likeness (QED) is 0.712. The molecule has 1 heterocycles. The number of nitrogens with two attached hydrogens (primary N) is 1. The van der Waals surface area contributed by atoms with E-state index in [2.05, 4.69) is 15.6 Å². The minimum absolute atomic E-state index is 0.181. The summed E-state index contributed by atoms with van der Waals surface area (Å²) in [6, 6.07) is 0. The Morgan fingerprint density at radius 2 is 2.07 bits per heavy atom. The van der Waals surface area contributed by atoms with Gasteiger partial charge in [-0.15, -0.1) is 0 Å². The number of carbonyl (C=O) groups excluding carboxylic acids is 1. The number of hydrogen-bond acceptors (Lipinski definition) is 5. The smallest absolute Gasteiger partial charge is 0.265 e. The Kier molecular flexibility index (Phi) is 3.18. The lowest BCUT2D eigenvalue weighted by atomic mass is 10.1. The lowest BCUT2D eigenvalue weighted by molar-refractivity contribution is 0.0924. The summed E-state index contributed by atoms with van der Waals surface area (Å²) in [5.74, 6) is 0.0881. The van der Waals surface area contributed by atoms with E-state index in [1.807, 2.05) is 20.8 Å². The van der Waals surface area contributed by atoms with E-state index in [9.17, 15) is 4.79 Å². The van der Waals surface area contributed by atoms with Gasteiger partial charge in [-0.05, 0) is 20.8 Å². The molecule has 0 aliphatic heterocycles. The summed E-state index contributed by atoms with van der Waals surface area (Å²) >= 11 is 1.25. The fourth-order valence-corrected chi connectivity index (χ4v) is 1.73. The van der Waals surface area contributed by atoms with Gasteiger partial charge in [0.25, 0.3) is 5.91 Å². The molecule has 0 fully saturated rings. The van der Waals surface area contributed by atoms with Gasteiger partial charge >= 0.3 is 0 Å². The van der Waals surface area contributed by atoms with Gasteiger partial charge in [0, 0.05) is 12.6 Å². The highest BCUT2D eigenvalue weighted by Gasteiger charge is 2.20. The molecule has 0 unspecified atom stereocenters. The molecule has 6 heteroatoms. The molecule has 0 atom stereocenters. The summed E-state index contributed by atoms with van der Waals surface area (Å²) in [4.78, 5) is 16.2. The summed E-state index contributed by atoms with van der Waals surface area (Å²) in [6.07, 6.45) is 0. The second-order valence-electron chi connectivity index (χ2n) is 4.19. The third-order valence-electron chi connectivity index (χ3n) is 1.56. The molecule has 5 nitrogen and oxygen atoms in total. The third kappa shape index (κ3) is 3.09. The van der Waals surface area contributed by atoms with E-state index >= 15 is 0 Å². The van der Waals surface area contributed by atoms with Crippen LogP contribution < -0.4 is 16.4 Å². The first-order chi connectivity index (χ1) is 6.83. The Labute approximate surface area is 93.1 Å². The SMILES string of the molecule is CNc1nc(N)c(C(=O)NC(C)(C)C)s1. The average molecular weight is 228 g/mol. The summed E-state index contributed by atoms with van der Waals surface area (Å²) in [5, 5.41) is 6.34. The first-order valence-corrected chi connectivity index (χ1v) is 5.41. The lowest BCUT2D eigenvalue weighted by Crippen LogP contribution is -2.40. The van der Waals surface area contributed by atoms with Crippen molar-refractivity contribution < 1.29 is 4.79 Å². The number of hydrogen-bond donors (Lipinski definition) is 3. The zero-order chi connectivity index (χ0) is 11.6. The van der Waals surface area contributed by atoms with Crippen molar-refractivity contribution in [3.63, 3.8) is 0 Å². The molecule has 0 aromatic carbocycles. The Hall–Kier alpha value is -1.30. The van der Waals surface area contributed by atoms with E-state index in [1.54, 1.807) is 7.05 Å². The minimum Gasteiger partial charge on any atom is -0.382 e. The van der Waals surface area contributed by atoms with E-state index in [-0.39, 0.29) is 17.3 Å². The van der Waals surface area contributed by atoms with Gasteiger partial charge in [0.05, 0.1) is 0 Å². The van der Waals surface area contributed by atoms with Crippen molar-refractivity contribution in [1.82, 2.24) is 10.3 Å². The maximum Gasteiger partial charge on any atom is 0.265 e. The van der Waals surface area contributed by atoms with Crippen molar-refractivity contribution in [2.24, 2.45) is 0 Å². The van der Waals surface area contributed by atoms with Crippen molar-refractivity contribution >= 4 is 28.2 Å². The largest absolute Gasteiger partial charge is 0.382 e. The number of anilines is 2. The first kappa shape index (κ1) is 11.8. The number of nitrogens with one attached hydrogen (secondary N) is 2. The van der Waals surface area contributed by atoms with E-state index in [0.29, 0.717) is 10.0 Å². The fourth-order valence-electron chi connectivity index (χ4n) is 0.999. The number of amides is 1. The average Bonchev–Trinajstić information content (AvgIpc) is 2.43. The van der Waals surface area contributed by atoms with Gasteiger partial charge in [-0.2, -0.15) is 0 Å². The second kappa shape index (κ2) is 4.06. The van der Waals surface area contributed by atoms with Crippen molar-refractivity contribution in [3.8, 4) is 0 Å². The summed E-state index contributed by atoms with van der Waals surface area (Å²) < 4.78 is 0. The Morgan fingerprint density at radius 3 is 2.47 bits per heavy atom. The van der Waals surface area contributed by atoms with E-state index in [4.69, 9.17) is 5.73 Å². The van der Waals surface area contributed by atoms with Crippen LogP contribution in [0.25, 0.3) is 0 Å². The number of nitrogen functional groups attached to an aromatic ring is 1. The molecule has 4 N–H and O–H groups in total. The highest BCUT2D eigenvalue weighted by Crippen LogP contribution is 2.24. The molecule has 15 heavy (non-hydrogen) atoms. The third-order valence-corrected chi connectivity index (χ3v) is 2.65. The van der Waals surface area contributed by atoms with Gasteiger partial charge in [0.2, 0.25) is 0 Å². The molecular formula is C9H16N4OS. The van der Waals surface area contributed by atoms with Gasteiger partial charge in [-0.1, -0.05) is 11.3 Å². The second-order valence-corrected chi connectivity index (χ2v) is 5.19.